The van der Waals surface area contributed by atoms with Gasteiger partial charge in [0.25, 0.3) is 0 Å². The second-order valence-corrected chi connectivity index (χ2v) is 3.59. The lowest BCUT2D eigenvalue weighted by atomic mass is 10.1. The van der Waals surface area contributed by atoms with E-state index in [0.717, 1.165) is 12.2 Å². The highest BCUT2D eigenvalue weighted by Gasteiger charge is 1.97. The molecule has 2 N–H and O–H groups in total. The van der Waals surface area contributed by atoms with E-state index in [4.69, 9.17) is 5.73 Å². The fourth-order valence-electron chi connectivity index (χ4n) is 1.42. The molecule has 0 radical (unpaired) electrons. The largest absolute Gasteiger partial charge is 0.325 e. The first-order chi connectivity index (χ1) is 6.86. The van der Waals surface area contributed by atoms with Gasteiger partial charge in [-0.15, -0.1) is 5.10 Å². The van der Waals surface area contributed by atoms with Gasteiger partial charge in [-0.2, -0.15) is 0 Å². The Morgan fingerprint density at radius 3 is 2.71 bits per heavy atom. The number of aromatic nitrogens is 3. The zero-order valence-corrected chi connectivity index (χ0v) is 8.95. The number of nitrogens with two attached hydrogens (primary N) is 1. The summed E-state index contributed by atoms with van der Waals surface area (Å²) in [7, 11) is 0. The monoisotopic (exact) mass is 196 g/mol. The summed E-state index contributed by atoms with van der Waals surface area (Å²) in [5, 5.41) is 7.93. The average Bonchev–Trinajstić information content (AvgIpc) is 2.65. The van der Waals surface area contributed by atoms with Crippen LogP contribution in [0, 0.1) is 0 Å². The molecule has 14 heavy (non-hydrogen) atoms. The standard InChI is InChI=1S/C10H20N4/c1-2-3-4-5-6-7-14-9-10(8-11)12-13-14/h9H,2-8,11H2,1H3. The maximum atomic E-state index is 5.44. The lowest BCUT2D eigenvalue weighted by Crippen LogP contribution is -1.98. The van der Waals surface area contributed by atoms with E-state index in [1.165, 1.54) is 32.1 Å². The third-order valence-electron chi connectivity index (χ3n) is 2.29. The summed E-state index contributed by atoms with van der Waals surface area (Å²) in [6.45, 7) is 3.68. The van der Waals surface area contributed by atoms with Crippen LogP contribution in [-0.4, -0.2) is 15.0 Å². The van der Waals surface area contributed by atoms with Crippen molar-refractivity contribution in [2.45, 2.75) is 52.1 Å². The Bertz CT molecular complexity index is 244. The molecule has 0 amide bonds. The minimum atomic E-state index is 0.482. The summed E-state index contributed by atoms with van der Waals surface area (Å²) in [6, 6.07) is 0. The minimum absolute atomic E-state index is 0.482. The number of aryl methyl sites for hydroxylation is 1. The van der Waals surface area contributed by atoms with Crippen LogP contribution in [0.2, 0.25) is 0 Å². The number of hydrogen-bond donors (Lipinski definition) is 1. The van der Waals surface area contributed by atoms with Crippen LogP contribution in [0.1, 0.15) is 44.7 Å². The maximum Gasteiger partial charge on any atom is 0.0962 e. The van der Waals surface area contributed by atoms with Gasteiger partial charge in [-0.1, -0.05) is 37.8 Å². The number of hydrogen-bond acceptors (Lipinski definition) is 3. The van der Waals surface area contributed by atoms with Gasteiger partial charge < -0.3 is 5.73 Å². The Balaban J connectivity index is 2.12. The van der Waals surface area contributed by atoms with Gasteiger partial charge in [0, 0.05) is 19.3 Å². The molecule has 0 unspecified atom stereocenters. The Morgan fingerprint density at radius 2 is 2.07 bits per heavy atom. The first-order valence-corrected chi connectivity index (χ1v) is 5.46. The predicted octanol–water partition coefficient (Wildman–Crippen LogP) is 1.71. The molecule has 1 aromatic heterocycles. The topological polar surface area (TPSA) is 56.7 Å². The molecule has 0 atom stereocenters. The highest BCUT2D eigenvalue weighted by atomic mass is 15.4. The van der Waals surface area contributed by atoms with E-state index in [1.807, 2.05) is 10.9 Å². The van der Waals surface area contributed by atoms with E-state index in [2.05, 4.69) is 17.2 Å². The van der Waals surface area contributed by atoms with Gasteiger partial charge in [-0.05, 0) is 6.42 Å². The van der Waals surface area contributed by atoms with E-state index in [1.54, 1.807) is 0 Å². The van der Waals surface area contributed by atoms with Crippen molar-refractivity contribution in [1.82, 2.24) is 15.0 Å². The van der Waals surface area contributed by atoms with Crippen molar-refractivity contribution in [3.63, 3.8) is 0 Å². The zero-order chi connectivity index (χ0) is 10.2. The smallest absolute Gasteiger partial charge is 0.0962 e. The van der Waals surface area contributed by atoms with Gasteiger partial charge in [-0.25, -0.2) is 0 Å². The molecule has 0 saturated heterocycles. The molecule has 0 spiro atoms. The molecule has 1 heterocycles. The second kappa shape index (κ2) is 6.54. The van der Waals surface area contributed by atoms with Crippen LogP contribution in [0.25, 0.3) is 0 Å². The molecule has 0 aliphatic rings. The van der Waals surface area contributed by atoms with Crippen LogP contribution < -0.4 is 5.73 Å². The molecule has 80 valence electrons. The van der Waals surface area contributed by atoms with Crippen molar-refractivity contribution >= 4 is 0 Å². The van der Waals surface area contributed by atoms with Crippen LogP contribution in [0.3, 0.4) is 0 Å². The molecule has 0 aliphatic heterocycles. The number of rotatable bonds is 7. The summed E-state index contributed by atoms with van der Waals surface area (Å²) in [6.07, 6.45) is 8.36. The average molecular weight is 196 g/mol. The van der Waals surface area contributed by atoms with E-state index in [9.17, 15) is 0 Å². The van der Waals surface area contributed by atoms with Crippen LogP contribution in [0.5, 0.6) is 0 Å². The summed E-state index contributed by atoms with van der Waals surface area (Å²) < 4.78 is 1.88. The molecule has 4 nitrogen and oxygen atoms in total. The maximum absolute atomic E-state index is 5.44. The van der Waals surface area contributed by atoms with Crippen molar-refractivity contribution < 1.29 is 0 Å². The van der Waals surface area contributed by atoms with E-state index in [-0.39, 0.29) is 0 Å². The quantitative estimate of drug-likeness (QED) is 0.675. The lowest BCUT2D eigenvalue weighted by Gasteiger charge is -1.99. The Kier molecular flexibility index (Phi) is 5.22. The molecule has 0 saturated carbocycles. The highest BCUT2D eigenvalue weighted by Crippen LogP contribution is 2.03. The summed E-state index contributed by atoms with van der Waals surface area (Å²) >= 11 is 0. The fraction of sp³-hybridized carbons (Fsp3) is 0.800. The first kappa shape index (κ1) is 11.2. The van der Waals surface area contributed by atoms with Gasteiger partial charge in [0.2, 0.25) is 0 Å². The van der Waals surface area contributed by atoms with Crippen molar-refractivity contribution in [1.29, 1.82) is 0 Å². The second-order valence-electron chi connectivity index (χ2n) is 3.59. The van der Waals surface area contributed by atoms with E-state index >= 15 is 0 Å². The fourth-order valence-corrected chi connectivity index (χ4v) is 1.42. The van der Waals surface area contributed by atoms with Crippen molar-refractivity contribution in [2.75, 3.05) is 0 Å². The van der Waals surface area contributed by atoms with Crippen LogP contribution in [0.15, 0.2) is 6.20 Å². The molecule has 0 bridgehead atoms. The van der Waals surface area contributed by atoms with Gasteiger partial charge in [0.15, 0.2) is 0 Å². The molecule has 1 aromatic rings. The van der Waals surface area contributed by atoms with Crippen LogP contribution in [-0.2, 0) is 13.1 Å². The summed E-state index contributed by atoms with van der Waals surface area (Å²) in [5.74, 6) is 0. The molecule has 4 heteroatoms. The van der Waals surface area contributed by atoms with Gasteiger partial charge in [0.05, 0.1) is 5.69 Å². The first-order valence-electron chi connectivity index (χ1n) is 5.46. The van der Waals surface area contributed by atoms with E-state index < -0.39 is 0 Å². The van der Waals surface area contributed by atoms with Gasteiger partial charge in [-0.3, -0.25) is 4.68 Å². The van der Waals surface area contributed by atoms with Crippen LogP contribution >= 0.6 is 0 Å². The molecule has 0 fully saturated rings. The predicted molar refractivity (Wildman–Crippen MR) is 56.7 cm³/mol. The third kappa shape index (κ3) is 3.87. The zero-order valence-electron chi connectivity index (χ0n) is 8.95. The van der Waals surface area contributed by atoms with Crippen molar-refractivity contribution in [2.24, 2.45) is 5.73 Å². The number of nitrogens with zero attached hydrogens (tertiary/aromatic N) is 3. The molecular formula is C10H20N4. The van der Waals surface area contributed by atoms with Gasteiger partial charge >= 0.3 is 0 Å². The summed E-state index contributed by atoms with van der Waals surface area (Å²) in [4.78, 5) is 0. The third-order valence-corrected chi connectivity index (χ3v) is 2.29. The normalized spacial score (nSPS) is 10.7. The molecule has 1 rings (SSSR count). The Hall–Kier alpha value is -0.900. The molecule has 0 aromatic carbocycles. The van der Waals surface area contributed by atoms with E-state index in [0.29, 0.717) is 6.54 Å². The van der Waals surface area contributed by atoms with Crippen molar-refractivity contribution in [3.05, 3.63) is 11.9 Å². The lowest BCUT2D eigenvalue weighted by molar-refractivity contribution is 0.521. The van der Waals surface area contributed by atoms with Crippen molar-refractivity contribution in [3.8, 4) is 0 Å². The highest BCUT2D eigenvalue weighted by molar-refractivity contribution is 4.90. The Labute approximate surface area is 85.5 Å². The summed E-state index contributed by atoms with van der Waals surface area (Å²) in [5.41, 5.74) is 6.32. The van der Waals surface area contributed by atoms with Crippen LogP contribution in [0.4, 0.5) is 0 Å². The van der Waals surface area contributed by atoms with Gasteiger partial charge in [0.1, 0.15) is 0 Å². The minimum Gasteiger partial charge on any atom is -0.325 e. The Morgan fingerprint density at radius 1 is 1.29 bits per heavy atom. The molecular weight excluding hydrogens is 176 g/mol. The molecule has 0 aliphatic carbocycles. The number of unbranched alkanes of at least 4 members (excludes halogenated alkanes) is 4. The SMILES string of the molecule is CCCCCCCn1cc(CN)nn1.